The largest absolute Gasteiger partial charge is 0.481 e. The van der Waals surface area contributed by atoms with Crippen molar-refractivity contribution in [3.63, 3.8) is 0 Å². The lowest BCUT2D eigenvalue weighted by Gasteiger charge is -2.19. The van der Waals surface area contributed by atoms with Gasteiger partial charge in [-0.1, -0.05) is 17.7 Å². The topological polar surface area (TPSA) is 66.4 Å². The second-order valence-corrected chi connectivity index (χ2v) is 4.88. The highest BCUT2D eigenvalue weighted by Gasteiger charge is 2.28. The number of hydrogen-bond acceptors (Lipinski definition) is 2. The standard InChI is InChI=1S/C12H13ClFNO3/c1-12(2,11(17)18)6-15-10(16)9-7(13)4-3-5-8(9)14/h3-5H,6H2,1-2H3,(H,15,16)(H,17,18). The maximum absolute atomic E-state index is 13.4. The molecule has 1 aromatic carbocycles. The van der Waals surface area contributed by atoms with Crippen molar-refractivity contribution in [1.82, 2.24) is 5.32 Å². The van der Waals surface area contributed by atoms with Crippen LogP contribution in [0.25, 0.3) is 0 Å². The van der Waals surface area contributed by atoms with Crippen LogP contribution >= 0.6 is 11.6 Å². The molecule has 18 heavy (non-hydrogen) atoms. The van der Waals surface area contributed by atoms with E-state index in [1.807, 2.05) is 0 Å². The van der Waals surface area contributed by atoms with Crippen LogP contribution in [-0.2, 0) is 4.79 Å². The molecule has 0 saturated carbocycles. The van der Waals surface area contributed by atoms with E-state index in [9.17, 15) is 14.0 Å². The van der Waals surface area contributed by atoms with Gasteiger partial charge in [-0.2, -0.15) is 0 Å². The molecule has 0 aliphatic carbocycles. The highest BCUT2D eigenvalue weighted by molar-refractivity contribution is 6.33. The summed E-state index contributed by atoms with van der Waals surface area (Å²) in [5.74, 6) is -2.53. The highest BCUT2D eigenvalue weighted by Crippen LogP contribution is 2.19. The van der Waals surface area contributed by atoms with Crippen LogP contribution in [0.2, 0.25) is 5.02 Å². The number of carbonyl (C=O) groups excluding carboxylic acids is 1. The second-order valence-electron chi connectivity index (χ2n) is 4.47. The van der Waals surface area contributed by atoms with Crippen LogP contribution in [0.1, 0.15) is 24.2 Å². The van der Waals surface area contributed by atoms with Gasteiger partial charge in [0.25, 0.3) is 5.91 Å². The van der Waals surface area contributed by atoms with E-state index in [2.05, 4.69) is 5.32 Å². The van der Waals surface area contributed by atoms with Crippen molar-refractivity contribution in [1.29, 1.82) is 0 Å². The molecule has 0 fully saturated rings. The van der Waals surface area contributed by atoms with Crippen molar-refractivity contribution in [3.05, 3.63) is 34.6 Å². The van der Waals surface area contributed by atoms with Crippen LogP contribution in [0.5, 0.6) is 0 Å². The predicted octanol–water partition coefficient (Wildman–Crippen LogP) is 2.32. The molecular formula is C12H13ClFNO3. The summed E-state index contributed by atoms with van der Waals surface area (Å²) in [4.78, 5) is 22.6. The first kappa shape index (κ1) is 14.4. The van der Waals surface area contributed by atoms with Gasteiger partial charge in [0.2, 0.25) is 0 Å². The van der Waals surface area contributed by atoms with E-state index < -0.39 is 23.1 Å². The van der Waals surface area contributed by atoms with Crippen LogP contribution < -0.4 is 5.32 Å². The lowest BCUT2D eigenvalue weighted by atomic mass is 9.94. The molecule has 1 amide bonds. The minimum atomic E-state index is -1.13. The van der Waals surface area contributed by atoms with E-state index in [-0.39, 0.29) is 17.1 Å². The van der Waals surface area contributed by atoms with Crippen LogP contribution in [0, 0.1) is 11.2 Å². The van der Waals surface area contributed by atoms with Crippen molar-refractivity contribution in [2.45, 2.75) is 13.8 Å². The number of carbonyl (C=O) groups is 2. The molecule has 0 heterocycles. The zero-order valence-corrected chi connectivity index (χ0v) is 10.7. The minimum absolute atomic E-state index is 0.0133. The number of carboxylic acid groups (broad SMARTS) is 1. The molecule has 1 rings (SSSR count). The van der Waals surface area contributed by atoms with E-state index in [0.29, 0.717) is 0 Å². The third-order valence-electron chi connectivity index (χ3n) is 2.46. The molecule has 0 radical (unpaired) electrons. The molecule has 0 aliphatic rings. The Balaban J connectivity index is 2.82. The molecule has 0 aromatic heterocycles. The summed E-state index contributed by atoms with van der Waals surface area (Å²) in [7, 11) is 0. The molecule has 0 spiro atoms. The number of rotatable bonds is 4. The van der Waals surface area contributed by atoms with Crippen molar-refractivity contribution < 1.29 is 19.1 Å². The Morgan fingerprint density at radius 1 is 1.44 bits per heavy atom. The number of nitrogens with one attached hydrogen (secondary N) is 1. The van der Waals surface area contributed by atoms with Crippen LogP contribution in [-0.4, -0.2) is 23.5 Å². The van der Waals surface area contributed by atoms with E-state index in [1.54, 1.807) is 0 Å². The number of hydrogen-bond donors (Lipinski definition) is 2. The first-order chi connectivity index (χ1) is 8.25. The Bertz CT molecular complexity index is 468. The normalized spacial score (nSPS) is 11.1. The molecule has 6 heteroatoms. The Hall–Kier alpha value is -1.62. The van der Waals surface area contributed by atoms with Gasteiger partial charge in [0.1, 0.15) is 5.82 Å². The third-order valence-corrected chi connectivity index (χ3v) is 2.77. The Labute approximate surface area is 109 Å². The van der Waals surface area contributed by atoms with Gasteiger partial charge < -0.3 is 10.4 Å². The number of benzene rings is 1. The summed E-state index contributed by atoms with van der Waals surface area (Å²) < 4.78 is 13.4. The zero-order valence-electron chi connectivity index (χ0n) is 9.96. The predicted molar refractivity (Wildman–Crippen MR) is 65.2 cm³/mol. The third kappa shape index (κ3) is 3.20. The summed E-state index contributed by atoms with van der Waals surface area (Å²) in [6, 6.07) is 3.89. The van der Waals surface area contributed by atoms with Gasteiger partial charge in [-0.3, -0.25) is 9.59 Å². The fourth-order valence-electron chi connectivity index (χ4n) is 1.18. The SMILES string of the molecule is CC(C)(CNC(=O)c1c(F)cccc1Cl)C(=O)O. The lowest BCUT2D eigenvalue weighted by Crippen LogP contribution is -2.39. The molecule has 0 aliphatic heterocycles. The van der Waals surface area contributed by atoms with Crippen molar-refractivity contribution in [2.24, 2.45) is 5.41 Å². The van der Waals surface area contributed by atoms with Crippen LogP contribution in [0.4, 0.5) is 4.39 Å². The van der Waals surface area contributed by atoms with Crippen molar-refractivity contribution in [2.75, 3.05) is 6.54 Å². The quantitative estimate of drug-likeness (QED) is 0.885. The average Bonchev–Trinajstić information content (AvgIpc) is 2.26. The maximum Gasteiger partial charge on any atom is 0.310 e. The molecule has 4 nitrogen and oxygen atoms in total. The first-order valence-corrected chi connectivity index (χ1v) is 5.59. The van der Waals surface area contributed by atoms with E-state index in [1.165, 1.54) is 26.0 Å². The van der Waals surface area contributed by atoms with Gasteiger partial charge in [0, 0.05) is 6.54 Å². The number of aliphatic carboxylic acids is 1. The summed E-state index contributed by atoms with van der Waals surface area (Å²) in [5, 5.41) is 11.2. The molecule has 98 valence electrons. The van der Waals surface area contributed by atoms with Crippen LogP contribution in [0.15, 0.2) is 18.2 Å². The van der Waals surface area contributed by atoms with Gasteiger partial charge in [-0.05, 0) is 26.0 Å². The molecule has 0 bridgehead atoms. The van der Waals surface area contributed by atoms with E-state index in [0.717, 1.165) is 6.07 Å². The smallest absolute Gasteiger partial charge is 0.310 e. The van der Waals surface area contributed by atoms with Gasteiger partial charge in [0.05, 0.1) is 16.0 Å². The summed E-state index contributed by atoms with van der Waals surface area (Å²) in [5.41, 5.74) is -1.41. The zero-order chi connectivity index (χ0) is 13.9. The van der Waals surface area contributed by atoms with Gasteiger partial charge in [-0.15, -0.1) is 0 Å². The van der Waals surface area contributed by atoms with Crippen LogP contribution in [0.3, 0.4) is 0 Å². The summed E-state index contributed by atoms with van der Waals surface area (Å²) in [6.07, 6.45) is 0. The molecule has 0 unspecified atom stereocenters. The Morgan fingerprint density at radius 3 is 2.56 bits per heavy atom. The minimum Gasteiger partial charge on any atom is -0.481 e. The van der Waals surface area contributed by atoms with Gasteiger partial charge >= 0.3 is 5.97 Å². The molecule has 0 saturated heterocycles. The van der Waals surface area contributed by atoms with Gasteiger partial charge in [-0.25, -0.2) is 4.39 Å². The molecule has 2 N–H and O–H groups in total. The first-order valence-electron chi connectivity index (χ1n) is 5.21. The number of halogens is 2. The fourth-order valence-corrected chi connectivity index (χ4v) is 1.43. The number of amides is 1. The lowest BCUT2D eigenvalue weighted by molar-refractivity contribution is -0.146. The monoisotopic (exact) mass is 273 g/mol. The summed E-state index contributed by atoms with van der Waals surface area (Å²) >= 11 is 5.72. The number of carboxylic acids is 1. The second kappa shape index (κ2) is 5.35. The molecule has 0 atom stereocenters. The highest BCUT2D eigenvalue weighted by atomic mass is 35.5. The Kier molecular flexibility index (Phi) is 4.29. The van der Waals surface area contributed by atoms with Gasteiger partial charge in [0.15, 0.2) is 0 Å². The van der Waals surface area contributed by atoms with E-state index >= 15 is 0 Å². The molecular weight excluding hydrogens is 261 g/mol. The maximum atomic E-state index is 13.4. The average molecular weight is 274 g/mol. The summed E-state index contributed by atoms with van der Waals surface area (Å²) in [6.45, 7) is 2.79. The molecule has 1 aromatic rings. The van der Waals surface area contributed by atoms with Crippen molar-refractivity contribution in [3.8, 4) is 0 Å². The Morgan fingerprint density at radius 2 is 2.06 bits per heavy atom. The van der Waals surface area contributed by atoms with E-state index in [4.69, 9.17) is 16.7 Å². The fraction of sp³-hybridized carbons (Fsp3) is 0.333. The van der Waals surface area contributed by atoms with Crippen molar-refractivity contribution >= 4 is 23.5 Å².